The summed E-state index contributed by atoms with van der Waals surface area (Å²) in [6.07, 6.45) is 3.06. The van der Waals surface area contributed by atoms with Gasteiger partial charge in [0.25, 0.3) is 0 Å². The first-order chi connectivity index (χ1) is 11.8. The van der Waals surface area contributed by atoms with Gasteiger partial charge in [0, 0.05) is 40.1 Å². The normalized spacial score (nSPS) is 20.6. The molecule has 0 amide bonds. The van der Waals surface area contributed by atoms with E-state index in [0.717, 1.165) is 34.1 Å². The molecule has 24 heavy (non-hydrogen) atoms. The number of pyridine rings is 1. The van der Waals surface area contributed by atoms with Gasteiger partial charge in [0.1, 0.15) is 0 Å². The molecule has 5 rings (SSSR count). The van der Waals surface area contributed by atoms with E-state index >= 15 is 0 Å². The Morgan fingerprint density at radius 3 is 3.04 bits per heavy atom. The summed E-state index contributed by atoms with van der Waals surface area (Å²) in [5, 5.41) is 3.43. The number of aliphatic imine (C=N–C) groups is 1. The molecule has 1 saturated heterocycles. The fraction of sp³-hybridized carbons (Fsp3) is 0.200. The van der Waals surface area contributed by atoms with Gasteiger partial charge in [-0.3, -0.25) is 4.98 Å². The van der Waals surface area contributed by atoms with E-state index in [1.54, 1.807) is 0 Å². The lowest BCUT2D eigenvalue weighted by atomic mass is 10.1. The molecule has 0 N–H and O–H groups in total. The third kappa shape index (κ3) is 2.13. The molecule has 4 heteroatoms. The van der Waals surface area contributed by atoms with Gasteiger partial charge in [0.2, 0.25) is 0 Å². The quantitative estimate of drug-likeness (QED) is 0.646. The molecule has 2 aliphatic rings. The van der Waals surface area contributed by atoms with E-state index in [9.17, 15) is 0 Å². The molecule has 3 heterocycles. The zero-order valence-corrected chi connectivity index (χ0v) is 14.3. The summed E-state index contributed by atoms with van der Waals surface area (Å²) in [6, 6.07) is 17.6. The summed E-state index contributed by atoms with van der Waals surface area (Å²) in [6.45, 7) is 2.03. The van der Waals surface area contributed by atoms with E-state index in [2.05, 4.69) is 58.4 Å². The lowest BCUT2D eigenvalue weighted by Crippen LogP contribution is -2.29. The average Bonchev–Trinajstić information content (AvgIpc) is 3.15. The number of thioether (sulfide) groups is 1. The molecule has 0 aliphatic carbocycles. The number of nitrogens with zero attached hydrogens (tertiary/aromatic N) is 3. The minimum atomic E-state index is 0.546. The van der Waals surface area contributed by atoms with Crippen LogP contribution in [-0.2, 0) is 6.42 Å². The van der Waals surface area contributed by atoms with Crippen LogP contribution in [0.25, 0.3) is 10.8 Å². The van der Waals surface area contributed by atoms with Crippen LogP contribution in [0.4, 0.5) is 11.4 Å². The zero-order valence-electron chi connectivity index (χ0n) is 13.4. The Labute approximate surface area is 145 Å². The van der Waals surface area contributed by atoms with E-state index in [1.807, 2.05) is 24.9 Å². The summed E-state index contributed by atoms with van der Waals surface area (Å²) >= 11 is 1.87. The van der Waals surface area contributed by atoms with E-state index in [1.165, 1.54) is 16.6 Å². The van der Waals surface area contributed by atoms with Gasteiger partial charge in [-0.05, 0) is 37.1 Å². The molecule has 0 bridgehead atoms. The summed E-state index contributed by atoms with van der Waals surface area (Å²) in [5.74, 6) is 1.11. The van der Waals surface area contributed by atoms with Gasteiger partial charge in [-0.1, -0.05) is 42.1 Å². The maximum atomic E-state index is 5.05. The van der Waals surface area contributed by atoms with Crippen LogP contribution in [-0.4, -0.2) is 21.9 Å². The Bertz CT molecular complexity index is 980. The lowest BCUT2D eigenvalue weighted by molar-refractivity contribution is 0.801. The van der Waals surface area contributed by atoms with Crippen molar-refractivity contribution in [2.24, 2.45) is 4.99 Å². The van der Waals surface area contributed by atoms with Crippen molar-refractivity contribution < 1.29 is 0 Å². The second-order valence-electron chi connectivity index (χ2n) is 6.39. The van der Waals surface area contributed by atoms with Crippen LogP contribution in [0.3, 0.4) is 0 Å². The molecule has 2 aromatic carbocycles. The van der Waals surface area contributed by atoms with Gasteiger partial charge in [-0.25, -0.2) is 4.99 Å². The summed E-state index contributed by atoms with van der Waals surface area (Å²) in [4.78, 5) is 11.9. The maximum Gasteiger partial charge on any atom is 0.169 e. The largest absolute Gasteiger partial charge is 0.316 e. The molecule has 0 saturated carbocycles. The van der Waals surface area contributed by atoms with Crippen molar-refractivity contribution in [3.63, 3.8) is 0 Å². The van der Waals surface area contributed by atoms with Gasteiger partial charge in [-0.2, -0.15) is 0 Å². The van der Waals surface area contributed by atoms with Crippen molar-refractivity contribution in [3.8, 4) is 0 Å². The molecule has 0 spiro atoms. The highest BCUT2D eigenvalue weighted by Gasteiger charge is 2.37. The third-order valence-electron chi connectivity index (χ3n) is 4.78. The highest BCUT2D eigenvalue weighted by atomic mass is 32.2. The first-order valence-corrected chi connectivity index (χ1v) is 9.22. The fourth-order valence-corrected chi connectivity index (χ4v) is 4.80. The number of fused-ring (bicyclic) bond motifs is 4. The number of hydrogen-bond donors (Lipinski definition) is 0. The van der Waals surface area contributed by atoms with Crippen molar-refractivity contribution in [2.45, 2.75) is 19.4 Å². The van der Waals surface area contributed by atoms with Crippen molar-refractivity contribution in [3.05, 3.63) is 66.0 Å². The monoisotopic (exact) mass is 331 g/mol. The van der Waals surface area contributed by atoms with E-state index < -0.39 is 0 Å². The highest BCUT2D eigenvalue weighted by Crippen LogP contribution is 2.41. The van der Waals surface area contributed by atoms with Gasteiger partial charge in [0.05, 0.1) is 5.69 Å². The molecular weight excluding hydrogens is 314 g/mol. The van der Waals surface area contributed by atoms with Crippen LogP contribution in [0.15, 0.2) is 59.7 Å². The molecule has 0 unspecified atom stereocenters. The SMILES string of the molecule is Cc1cc2c(N=C3SC[C@H]4Cc5ccccc5N34)cccc2cn1. The molecule has 1 atom stereocenters. The summed E-state index contributed by atoms with van der Waals surface area (Å²) < 4.78 is 0. The Balaban J connectivity index is 1.64. The van der Waals surface area contributed by atoms with Gasteiger partial charge >= 0.3 is 0 Å². The van der Waals surface area contributed by atoms with Gasteiger partial charge in [0.15, 0.2) is 5.17 Å². The van der Waals surface area contributed by atoms with Crippen molar-refractivity contribution in [2.75, 3.05) is 10.7 Å². The minimum Gasteiger partial charge on any atom is -0.316 e. The van der Waals surface area contributed by atoms with Gasteiger partial charge < -0.3 is 4.90 Å². The third-order valence-corrected chi connectivity index (χ3v) is 5.87. The number of para-hydroxylation sites is 1. The average molecular weight is 331 g/mol. The smallest absolute Gasteiger partial charge is 0.169 e. The first kappa shape index (κ1) is 14.1. The van der Waals surface area contributed by atoms with E-state index in [4.69, 9.17) is 4.99 Å². The number of amidine groups is 1. The molecular formula is C20H17N3S. The number of anilines is 1. The Hall–Kier alpha value is -2.33. The number of aryl methyl sites for hydroxylation is 1. The van der Waals surface area contributed by atoms with Crippen molar-refractivity contribution in [1.82, 2.24) is 4.98 Å². The molecule has 1 fully saturated rings. The number of aromatic nitrogens is 1. The number of benzene rings is 2. The lowest BCUT2D eigenvalue weighted by Gasteiger charge is -2.18. The number of rotatable bonds is 1. The summed E-state index contributed by atoms with van der Waals surface area (Å²) in [5.41, 5.74) is 4.82. The Morgan fingerprint density at radius 2 is 2.08 bits per heavy atom. The molecule has 118 valence electrons. The molecule has 2 aliphatic heterocycles. The first-order valence-electron chi connectivity index (χ1n) is 8.23. The van der Waals surface area contributed by atoms with E-state index in [0.29, 0.717) is 6.04 Å². The predicted molar refractivity (Wildman–Crippen MR) is 102 cm³/mol. The van der Waals surface area contributed by atoms with Crippen molar-refractivity contribution >= 4 is 39.1 Å². The molecule has 0 radical (unpaired) electrons. The Kier molecular flexibility index (Phi) is 3.13. The zero-order chi connectivity index (χ0) is 16.1. The van der Waals surface area contributed by atoms with Crippen LogP contribution < -0.4 is 4.90 Å². The second-order valence-corrected chi connectivity index (χ2v) is 7.37. The molecule has 1 aromatic heterocycles. The standard InChI is InChI=1S/C20H17N3S/c1-13-9-17-15(11-21-13)6-4-7-18(17)22-20-23-16(12-24-20)10-14-5-2-3-8-19(14)23/h2-9,11,16H,10,12H2,1H3/t16-/m1/s1. The van der Waals surface area contributed by atoms with Crippen LogP contribution in [0.5, 0.6) is 0 Å². The maximum absolute atomic E-state index is 5.05. The fourth-order valence-electron chi connectivity index (χ4n) is 3.64. The Morgan fingerprint density at radius 1 is 1.17 bits per heavy atom. The van der Waals surface area contributed by atoms with Crippen LogP contribution >= 0.6 is 11.8 Å². The second kappa shape index (κ2) is 5.35. The number of hydrogen-bond acceptors (Lipinski definition) is 3. The predicted octanol–water partition coefficient (Wildman–Crippen LogP) is 4.71. The van der Waals surface area contributed by atoms with E-state index in [-0.39, 0.29) is 0 Å². The topological polar surface area (TPSA) is 28.5 Å². The summed E-state index contributed by atoms with van der Waals surface area (Å²) in [7, 11) is 0. The van der Waals surface area contributed by atoms with Crippen molar-refractivity contribution in [1.29, 1.82) is 0 Å². The molecule has 3 nitrogen and oxygen atoms in total. The van der Waals surface area contributed by atoms with Crippen LogP contribution in [0.1, 0.15) is 11.3 Å². The minimum absolute atomic E-state index is 0.546. The van der Waals surface area contributed by atoms with Gasteiger partial charge in [-0.15, -0.1) is 0 Å². The molecule has 3 aromatic rings. The highest BCUT2D eigenvalue weighted by molar-refractivity contribution is 8.14. The van der Waals surface area contributed by atoms with Crippen LogP contribution in [0.2, 0.25) is 0 Å². The van der Waals surface area contributed by atoms with Crippen LogP contribution in [0, 0.1) is 6.92 Å².